The molecule has 6 nitrogen and oxygen atoms in total. The van der Waals surface area contributed by atoms with Crippen molar-refractivity contribution in [3.8, 4) is 11.5 Å². The van der Waals surface area contributed by atoms with Gasteiger partial charge in [-0.15, -0.1) is 11.3 Å². The second-order valence-electron chi connectivity index (χ2n) is 6.43. The van der Waals surface area contributed by atoms with E-state index in [-0.39, 0.29) is 0 Å². The average Bonchev–Trinajstić information content (AvgIpc) is 3.18. The zero-order valence-corrected chi connectivity index (χ0v) is 17.8. The van der Waals surface area contributed by atoms with Crippen LogP contribution >= 0.6 is 11.3 Å². The van der Waals surface area contributed by atoms with Gasteiger partial charge in [-0.05, 0) is 42.1 Å². The van der Waals surface area contributed by atoms with Crippen molar-refractivity contribution in [2.24, 2.45) is 4.99 Å². The monoisotopic (exact) mass is 413 g/mol. The molecule has 1 unspecified atom stereocenters. The molecule has 3 rings (SSSR count). The summed E-state index contributed by atoms with van der Waals surface area (Å²) in [5, 5.41) is 18.1. The van der Waals surface area contributed by atoms with Crippen molar-refractivity contribution in [3.05, 3.63) is 59.0 Å². The zero-order chi connectivity index (χ0) is 20.6. The summed E-state index contributed by atoms with van der Waals surface area (Å²) in [5.41, 5.74) is 1.04. The van der Waals surface area contributed by atoms with E-state index in [0.29, 0.717) is 31.4 Å². The zero-order valence-electron chi connectivity index (χ0n) is 16.9. The number of rotatable bonds is 8. The van der Waals surface area contributed by atoms with Crippen molar-refractivity contribution in [3.63, 3.8) is 0 Å². The smallest absolute Gasteiger partial charge is 0.191 e. The number of aliphatic hydroxyl groups excluding tert-OH is 1. The van der Waals surface area contributed by atoms with Gasteiger partial charge in [0.2, 0.25) is 0 Å². The number of nitrogens with one attached hydrogen (secondary N) is 2. The lowest BCUT2D eigenvalue weighted by Gasteiger charge is -2.15. The first-order valence-corrected chi connectivity index (χ1v) is 10.4. The van der Waals surface area contributed by atoms with Gasteiger partial charge in [-0.3, -0.25) is 4.99 Å². The number of hydrogen-bond acceptors (Lipinski definition) is 5. The van der Waals surface area contributed by atoms with Crippen molar-refractivity contribution in [2.75, 3.05) is 27.3 Å². The van der Waals surface area contributed by atoms with E-state index >= 15 is 0 Å². The topological polar surface area (TPSA) is 75.1 Å². The minimum absolute atomic E-state index is 0.374. The second kappa shape index (κ2) is 10.1. The number of aliphatic imine (C=N–C) groups is 1. The lowest BCUT2D eigenvalue weighted by Crippen LogP contribution is -2.38. The van der Waals surface area contributed by atoms with Crippen LogP contribution in [0, 0.1) is 0 Å². The molecule has 7 heteroatoms. The molecular formula is C22H27N3O3S. The Balaban J connectivity index is 1.56. The molecule has 1 heterocycles. The molecule has 3 aromatic rings. The van der Waals surface area contributed by atoms with E-state index in [1.807, 2.05) is 43.3 Å². The van der Waals surface area contributed by atoms with Gasteiger partial charge in [0, 0.05) is 29.7 Å². The van der Waals surface area contributed by atoms with Gasteiger partial charge in [0.1, 0.15) is 6.10 Å². The van der Waals surface area contributed by atoms with Gasteiger partial charge in [-0.1, -0.05) is 24.3 Å². The fourth-order valence-corrected chi connectivity index (χ4v) is 4.02. The van der Waals surface area contributed by atoms with E-state index in [1.54, 1.807) is 25.5 Å². The summed E-state index contributed by atoms with van der Waals surface area (Å²) in [5.74, 6) is 2.06. The van der Waals surface area contributed by atoms with E-state index in [4.69, 9.17) is 9.47 Å². The van der Waals surface area contributed by atoms with Crippen LogP contribution in [0.25, 0.3) is 10.1 Å². The van der Waals surface area contributed by atoms with Crippen LogP contribution in [0.4, 0.5) is 0 Å². The molecule has 0 aliphatic heterocycles. The van der Waals surface area contributed by atoms with Gasteiger partial charge in [0.15, 0.2) is 17.5 Å². The van der Waals surface area contributed by atoms with Gasteiger partial charge < -0.3 is 25.2 Å². The third-order valence-electron chi connectivity index (χ3n) is 4.45. The second-order valence-corrected chi connectivity index (χ2v) is 7.54. The predicted molar refractivity (Wildman–Crippen MR) is 119 cm³/mol. The minimum atomic E-state index is -0.600. The molecule has 1 atom stereocenters. The van der Waals surface area contributed by atoms with Crippen LogP contribution in [-0.2, 0) is 6.54 Å². The Morgan fingerprint density at radius 2 is 1.97 bits per heavy atom. The number of thiophene rings is 1. The molecular weight excluding hydrogens is 386 g/mol. The first kappa shape index (κ1) is 21.0. The summed E-state index contributed by atoms with van der Waals surface area (Å²) in [4.78, 5) is 5.17. The van der Waals surface area contributed by atoms with Crippen LogP contribution in [0.3, 0.4) is 0 Å². The summed E-state index contributed by atoms with van der Waals surface area (Å²) in [7, 11) is 3.34. The van der Waals surface area contributed by atoms with Crippen molar-refractivity contribution in [1.29, 1.82) is 0 Å². The summed E-state index contributed by atoms with van der Waals surface area (Å²) in [6.45, 7) is 3.46. The molecule has 154 valence electrons. The Hall–Kier alpha value is -2.77. The summed E-state index contributed by atoms with van der Waals surface area (Å²) < 4.78 is 12.1. The maximum absolute atomic E-state index is 10.5. The van der Waals surface area contributed by atoms with Crippen molar-refractivity contribution < 1.29 is 14.6 Å². The lowest BCUT2D eigenvalue weighted by atomic mass is 10.2. The molecule has 0 amide bonds. The van der Waals surface area contributed by atoms with Crippen LogP contribution < -0.4 is 20.1 Å². The van der Waals surface area contributed by atoms with Crippen LogP contribution in [0.15, 0.2) is 53.5 Å². The molecule has 0 saturated carbocycles. The van der Waals surface area contributed by atoms with Crippen LogP contribution in [0.5, 0.6) is 11.5 Å². The number of aliphatic hydroxyl groups is 1. The Labute approximate surface area is 175 Å². The summed E-state index contributed by atoms with van der Waals surface area (Å²) in [6.07, 6.45) is -0.600. The Kier molecular flexibility index (Phi) is 7.32. The summed E-state index contributed by atoms with van der Waals surface area (Å²) in [6, 6.07) is 16.0. The highest BCUT2D eigenvalue weighted by Crippen LogP contribution is 2.29. The number of methoxy groups -OCH3 is 1. The molecule has 0 radical (unpaired) electrons. The number of nitrogens with zero attached hydrogens (tertiary/aromatic N) is 1. The highest BCUT2D eigenvalue weighted by Gasteiger charge is 2.12. The Morgan fingerprint density at radius 1 is 1.14 bits per heavy atom. The van der Waals surface area contributed by atoms with Crippen LogP contribution in [0.1, 0.15) is 23.5 Å². The van der Waals surface area contributed by atoms with Gasteiger partial charge >= 0.3 is 0 Å². The molecule has 29 heavy (non-hydrogen) atoms. The standard InChI is InChI=1S/C22H27N3O3S/c1-4-28-19-11-15(9-10-18(19)27-3)13-24-22(23-2)25-14-17(26)21-12-16-7-5-6-8-20(16)29-21/h5-12,17,26H,4,13-14H2,1-3H3,(H2,23,24,25). The predicted octanol–water partition coefficient (Wildman–Crippen LogP) is 3.71. The molecule has 0 spiro atoms. The van der Waals surface area contributed by atoms with Crippen molar-refractivity contribution in [1.82, 2.24) is 10.6 Å². The Morgan fingerprint density at radius 3 is 2.69 bits per heavy atom. The number of benzene rings is 2. The largest absolute Gasteiger partial charge is 0.493 e. The quantitative estimate of drug-likeness (QED) is 0.388. The van der Waals surface area contributed by atoms with E-state index < -0.39 is 6.10 Å². The third kappa shape index (κ3) is 5.40. The van der Waals surface area contributed by atoms with Crippen molar-refractivity contribution >= 4 is 27.4 Å². The maximum Gasteiger partial charge on any atom is 0.191 e. The van der Waals surface area contributed by atoms with Gasteiger partial charge in [-0.25, -0.2) is 0 Å². The minimum Gasteiger partial charge on any atom is -0.493 e. The molecule has 0 saturated heterocycles. The number of ether oxygens (including phenoxy) is 2. The molecule has 0 aliphatic rings. The number of hydrogen-bond donors (Lipinski definition) is 3. The highest BCUT2D eigenvalue weighted by atomic mass is 32.1. The first-order chi connectivity index (χ1) is 14.1. The van der Waals surface area contributed by atoms with Crippen LogP contribution in [0.2, 0.25) is 0 Å². The maximum atomic E-state index is 10.5. The molecule has 3 N–H and O–H groups in total. The normalized spacial score (nSPS) is 12.6. The fourth-order valence-electron chi connectivity index (χ4n) is 2.97. The number of guanidine groups is 1. The first-order valence-electron chi connectivity index (χ1n) is 9.55. The van der Waals surface area contributed by atoms with Crippen molar-refractivity contribution in [2.45, 2.75) is 19.6 Å². The molecule has 1 aromatic heterocycles. The van der Waals surface area contributed by atoms with Gasteiger partial charge in [0.25, 0.3) is 0 Å². The third-order valence-corrected chi connectivity index (χ3v) is 5.66. The van der Waals surface area contributed by atoms with E-state index in [9.17, 15) is 5.11 Å². The lowest BCUT2D eigenvalue weighted by molar-refractivity contribution is 0.184. The van der Waals surface area contributed by atoms with Gasteiger partial charge in [-0.2, -0.15) is 0 Å². The van der Waals surface area contributed by atoms with E-state index in [0.717, 1.165) is 21.6 Å². The van der Waals surface area contributed by atoms with Gasteiger partial charge in [0.05, 0.1) is 13.7 Å². The molecule has 0 fully saturated rings. The van der Waals surface area contributed by atoms with E-state index in [2.05, 4.69) is 27.8 Å². The van der Waals surface area contributed by atoms with E-state index in [1.165, 1.54) is 4.70 Å². The Bertz CT molecular complexity index is 938. The van der Waals surface area contributed by atoms with Crippen LogP contribution in [-0.4, -0.2) is 38.4 Å². The number of fused-ring (bicyclic) bond motifs is 1. The highest BCUT2D eigenvalue weighted by molar-refractivity contribution is 7.19. The average molecular weight is 414 g/mol. The fraction of sp³-hybridized carbons (Fsp3) is 0.318. The summed E-state index contributed by atoms with van der Waals surface area (Å²) >= 11 is 1.61. The molecule has 0 bridgehead atoms. The SMILES string of the molecule is CCOc1cc(CNC(=NC)NCC(O)c2cc3ccccc3s2)ccc1OC. The molecule has 2 aromatic carbocycles. The molecule has 0 aliphatic carbocycles.